The van der Waals surface area contributed by atoms with Crippen LogP contribution in [0, 0.1) is 18.3 Å². The molecule has 1 rings (SSSR count). The average Bonchev–Trinajstić information content (AvgIpc) is 2.10. The molecule has 0 saturated carbocycles. The topological polar surface area (TPSA) is 42.2 Å². The number of nitrogens with zero attached hydrogens (tertiary/aromatic N) is 1. The molecule has 0 aromatic carbocycles. The second kappa shape index (κ2) is 6.78. The zero-order valence-corrected chi connectivity index (χ0v) is 14.4. The summed E-state index contributed by atoms with van der Waals surface area (Å²) in [6.45, 7) is 10.6. The van der Waals surface area contributed by atoms with E-state index >= 15 is 0 Å². The van der Waals surface area contributed by atoms with E-state index in [-0.39, 0.29) is 42.0 Å². The summed E-state index contributed by atoms with van der Waals surface area (Å²) >= 11 is 0. The van der Waals surface area contributed by atoms with Gasteiger partial charge in [0.25, 0.3) is 5.56 Å². The minimum Gasteiger partial charge on any atom is -1.00 e. The minimum absolute atomic E-state index is 0. The monoisotopic (exact) mass is 261 g/mol. The molecule has 98 valence electrons. The van der Waals surface area contributed by atoms with Crippen molar-refractivity contribution in [3.05, 3.63) is 33.7 Å². The fourth-order valence-electron chi connectivity index (χ4n) is 2.38. The van der Waals surface area contributed by atoms with Crippen LogP contribution in [-0.2, 0) is 6.42 Å². The number of pyridine rings is 1. The molecule has 0 radical (unpaired) electrons. The van der Waals surface area contributed by atoms with Crippen molar-refractivity contribution < 1.29 is 36.2 Å². The van der Waals surface area contributed by atoms with Crippen LogP contribution in [0.4, 0.5) is 0 Å². The van der Waals surface area contributed by atoms with Crippen LogP contribution < -0.4 is 35.1 Å². The van der Waals surface area contributed by atoms with E-state index in [4.69, 9.17) is 0 Å². The van der Waals surface area contributed by atoms with Gasteiger partial charge in [0.2, 0.25) is 0 Å². The first kappa shape index (κ1) is 17.8. The van der Waals surface area contributed by atoms with Gasteiger partial charge in [0.15, 0.2) is 0 Å². The Hall–Kier alpha value is -0.250. The predicted molar refractivity (Wildman–Crippen MR) is 70.7 cm³/mol. The summed E-state index contributed by atoms with van der Waals surface area (Å²) in [5.41, 5.74) is 1.53. The summed E-state index contributed by atoms with van der Waals surface area (Å²) in [6.07, 6.45) is 1.79. The summed E-state index contributed by atoms with van der Waals surface area (Å²) in [5.74, 6) is 0.439. The zero-order valence-electron chi connectivity index (χ0n) is 13.4. The molecular formula is C14H24NNaO2. The van der Waals surface area contributed by atoms with E-state index in [2.05, 4.69) is 27.7 Å². The van der Waals surface area contributed by atoms with Crippen molar-refractivity contribution in [2.24, 2.45) is 11.3 Å². The van der Waals surface area contributed by atoms with Crippen LogP contribution >= 0.6 is 0 Å². The Kier molecular flexibility index (Phi) is 6.69. The maximum Gasteiger partial charge on any atom is 1.00 e. The molecule has 0 saturated heterocycles. The van der Waals surface area contributed by atoms with Crippen molar-refractivity contribution in [3.63, 3.8) is 0 Å². The third-order valence-corrected chi connectivity index (χ3v) is 2.74. The van der Waals surface area contributed by atoms with Crippen molar-refractivity contribution in [1.29, 1.82) is 0 Å². The van der Waals surface area contributed by atoms with E-state index in [0.29, 0.717) is 11.6 Å². The van der Waals surface area contributed by atoms with E-state index in [1.807, 2.05) is 13.0 Å². The average molecular weight is 261 g/mol. The molecule has 4 heteroatoms. The first-order valence-electron chi connectivity index (χ1n) is 6.11. The van der Waals surface area contributed by atoms with Crippen LogP contribution in [0.2, 0.25) is 0 Å². The number of hydrogen-bond donors (Lipinski definition) is 1. The molecule has 1 aromatic heterocycles. The number of aryl methyl sites for hydroxylation is 1. The number of aromatic nitrogens is 1. The van der Waals surface area contributed by atoms with E-state index < -0.39 is 0 Å². The Labute approximate surface area is 133 Å². The molecule has 1 aromatic rings. The molecule has 0 fully saturated rings. The molecule has 0 bridgehead atoms. The van der Waals surface area contributed by atoms with E-state index in [1.165, 1.54) is 6.07 Å². The molecule has 1 heterocycles. The smallest absolute Gasteiger partial charge is 1.00 e. The van der Waals surface area contributed by atoms with Crippen LogP contribution in [0.15, 0.2) is 16.9 Å². The molecule has 0 aliphatic rings. The molecule has 18 heavy (non-hydrogen) atoms. The third kappa shape index (κ3) is 5.59. The van der Waals surface area contributed by atoms with Gasteiger partial charge < -0.3 is 6.63 Å². The van der Waals surface area contributed by atoms with Gasteiger partial charge in [-0.1, -0.05) is 27.7 Å². The fraction of sp³-hybridized carbons (Fsp3) is 0.643. The van der Waals surface area contributed by atoms with Gasteiger partial charge in [0, 0.05) is 6.07 Å². The number of rotatable bonds is 3. The van der Waals surface area contributed by atoms with Crippen LogP contribution in [0.3, 0.4) is 0 Å². The van der Waals surface area contributed by atoms with Crippen LogP contribution in [0.1, 0.15) is 46.8 Å². The van der Waals surface area contributed by atoms with Gasteiger partial charge in [0.1, 0.15) is 0 Å². The van der Waals surface area contributed by atoms with Gasteiger partial charge in [-0.25, -0.2) is 0 Å². The summed E-state index contributed by atoms with van der Waals surface area (Å²) < 4.78 is 0.770. The molecule has 0 aliphatic carbocycles. The third-order valence-electron chi connectivity index (χ3n) is 2.74. The molecule has 1 atom stereocenters. The summed E-state index contributed by atoms with van der Waals surface area (Å²) in [4.78, 5) is 11.4. The first-order valence-corrected chi connectivity index (χ1v) is 6.11. The van der Waals surface area contributed by atoms with E-state index in [0.717, 1.165) is 23.1 Å². The molecule has 1 unspecified atom stereocenters. The number of hydrogen-bond acceptors (Lipinski definition) is 2. The largest absolute Gasteiger partial charge is 1.00 e. The Bertz CT molecular complexity index is 452. The van der Waals surface area contributed by atoms with Crippen LogP contribution in [-0.4, -0.2) is 9.94 Å². The molecule has 0 aliphatic heterocycles. The first-order chi connectivity index (χ1) is 7.69. The summed E-state index contributed by atoms with van der Waals surface area (Å²) in [5, 5.41) is 9.67. The fourth-order valence-corrected chi connectivity index (χ4v) is 2.38. The Morgan fingerprint density at radius 3 is 2.44 bits per heavy atom. The van der Waals surface area contributed by atoms with Crippen LogP contribution in [0.25, 0.3) is 0 Å². The molecule has 0 amide bonds. The van der Waals surface area contributed by atoms with Gasteiger partial charge in [-0.3, -0.25) is 4.79 Å². The quantitative estimate of drug-likeness (QED) is 0.620. The summed E-state index contributed by atoms with van der Waals surface area (Å²) in [6, 6.07) is 3.32. The van der Waals surface area contributed by atoms with E-state index in [1.54, 1.807) is 0 Å². The van der Waals surface area contributed by atoms with Gasteiger partial charge in [-0.05, 0) is 42.7 Å². The van der Waals surface area contributed by atoms with Gasteiger partial charge in [-0.2, -0.15) is 4.73 Å². The summed E-state index contributed by atoms with van der Waals surface area (Å²) in [7, 11) is 0. The normalized spacial score (nSPS) is 12.9. The minimum atomic E-state index is -0.344. The Morgan fingerprint density at radius 1 is 1.39 bits per heavy atom. The second-order valence-electron chi connectivity index (χ2n) is 6.25. The Balaban J connectivity index is 0. The van der Waals surface area contributed by atoms with Crippen molar-refractivity contribution in [2.45, 2.75) is 47.5 Å². The molecule has 1 N–H and O–H groups in total. The molecule has 3 nitrogen and oxygen atoms in total. The van der Waals surface area contributed by atoms with Gasteiger partial charge >= 0.3 is 29.6 Å². The second-order valence-corrected chi connectivity index (χ2v) is 6.25. The van der Waals surface area contributed by atoms with Crippen molar-refractivity contribution in [3.8, 4) is 0 Å². The van der Waals surface area contributed by atoms with Crippen molar-refractivity contribution in [1.82, 2.24) is 4.73 Å². The maximum atomic E-state index is 11.4. The Morgan fingerprint density at radius 2 is 1.94 bits per heavy atom. The van der Waals surface area contributed by atoms with Gasteiger partial charge in [-0.15, -0.1) is 0 Å². The van der Waals surface area contributed by atoms with Crippen molar-refractivity contribution in [2.75, 3.05) is 0 Å². The van der Waals surface area contributed by atoms with Gasteiger partial charge in [0.05, 0.1) is 5.69 Å². The standard InChI is InChI=1S/C14H23NO2.Na.H/c1-10-6-12(15(17)13(16)8-10)7-11(2)9-14(3,4)5;;/h6,8,11,17H,7,9H2,1-5H3;;/q;+1;-1. The SMILES string of the molecule is Cc1cc(CC(C)CC(C)(C)C)n(O)c(=O)c1.[H-].[Na+]. The zero-order chi connectivity index (χ0) is 13.2. The van der Waals surface area contributed by atoms with E-state index in [9.17, 15) is 10.0 Å². The van der Waals surface area contributed by atoms with Crippen molar-refractivity contribution >= 4 is 0 Å². The molecule has 0 spiro atoms. The van der Waals surface area contributed by atoms with Crippen LogP contribution in [0.5, 0.6) is 0 Å². The molecular weight excluding hydrogens is 237 g/mol. The maximum absolute atomic E-state index is 11.4. The predicted octanol–water partition coefficient (Wildman–Crippen LogP) is 0.125.